The number of halogens is 2. The molecule has 0 atom stereocenters. The first-order valence-corrected chi connectivity index (χ1v) is 5.45. The molecule has 88 valence electrons. The van der Waals surface area contributed by atoms with Crippen LogP contribution in [0.4, 0.5) is 10.1 Å². The fourth-order valence-electron chi connectivity index (χ4n) is 1.38. The highest BCUT2D eigenvalue weighted by Crippen LogP contribution is 2.20. The lowest BCUT2D eigenvalue weighted by Crippen LogP contribution is -1.97. The van der Waals surface area contributed by atoms with Crippen LogP contribution in [-0.2, 0) is 6.61 Å². The number of hydrogen-bond donors (Lipinski definition) is 1. The van der Waals surface area contributed by atoms with E-state index in [1.165, 1.54) is 12.1 Å². The summed E-state index contributed by atoms with van der Waals surface area (Å²) in [5.41, 5.74) is 7.11. The number of anilines is 1. The van der Waals surface area contributed by atoms with Crippen molar-refractivity contribution in [3.8, 4) is 5.75 Å². The Morgan fingerprint density at radius 3 is 2.47 bits per heavy atom. The molecule has 0 aliphatic carbocycles. The molecule has 2 aromatic carbocycles. The van der Waals surface area contributed by atoms with Crippen molar-refractivity contribution in [2.45, 2.75) is 6.61 Å². The monoisotopic (exact) mass is 251 g/mol. The molecule has 2 rings (SSSR count). The zero-order chi connectivity index (χ0) is 12.3. The van der Waals surface area contributed by atoms with Crippen LogP contribution in [0.1, 0.15) is 5.56 Å². The van der Waals surface area contributed by atoms with Gasteiger partial charge >= 0.3 is 0 Å². The van der Waals surface area contributed by atoms with E-state index in [2.05, 4.69) is 0 Å². The summed E-state index contributed by atoms with van der Waals surface area (Å²) in [6.07, 6.45) is 0. The van der Waals surface area contributed by atoms with Crippen LogP contribution >= 0.6 is 11.6 Å². The molecule has 0 aromatic heterocycles. The molecule has 2 aromatic rings. The van der Waals surface area contributed by atoms with Gasteiger partial charge in [0.2, 0.25) is 0 Å². The quantitative estimate of drug-likeness (QED) is 0.846. The average Bonchev–Trinajstić information content (AvgIpc) is 2.33. The zero-order valence-corrected chi connectivity index (χ0v) is 9.75. The number of nitrogens with two attached hydrogens (primary N) is 1. The molecule has 0 aliphatic rings. The first-order valence-electron chi connectivity index (χ1n) is 5.07. The minimum Gasteiger partial charge on any atom is -0.489 e. The summed E-state index contributed by atoms with van der Waals surface area (Å²) in [4.78, 5) is 0. The number of rotatable bonds is 3. The summed E-state index contributed by atoms with van der Waals surface area (Å²) in [5.74, 6) is 0.327. The van der Waals surface area contributed by atoms with E-state index in [4.69, 9.17) is 22.1 Å². The van der Waals surface area contributed by atoms with Crippen LogP contribution in [0.2, 0.25) is 5.02 Å². The zero-order valence-electron chi connectivity index (χ0n) is 8.99. The molecule has 0 bridgehead atoms. The summed E-state index contributed by atoms with van der Waals surface area (Å²) in [7, 11) is 0. The van der Waals surface area contributed by atoms with Gasteiger partial charge in [-0.1, -0.05) is 17.7 Å². The number of ether oxygens (including phenoxy) is 1. The fraction of sp³-hybridized carbons (Fsp3) is 0.0769. The van der Waals surface area contributed by atoms with Crippen molar-refractivity contribution in [1.29, 1.82) is 0 Å². The first-order chi connectivity index (χ1) is 8.15. The van der Waals surface area contributed by atoms with Crippen LogP contribution in [0.3, 0.4) is 0 Å². The maximum Gasteiger partial charge on any atom is 0.123 e. The van der Waals surface area contributed by atoms with Crippen molar-refractivity contribution in [2.75, 3.05) is 5.73 Å². The first kappa shape index (κ1) is 11.7. The Labute approximate surface area is 104 Å². The molecule has 0 radical (unpaired) electrons. The minimum absolute atomic E-state index is 0.284. The number of benzene rings is 2. The molecular formula is C13H11ClFNO. The predicted octanol–water partition coefficient (Wildman–Crippen LogP) is 3.64. The smallest absolute Gasteiger partial charge is 0.123 e. The molecule has 0 fully saturated rings. The summed E-state index contributed by atoms with van der Waals surface area (Å²) in [6.45, 7) is 0.368. The Kier molecular flexibility index (Phi) is 3.49. The van der Waals surface area contributed by atoms with Crippen molar-refractivity contribution in [3.05, 3.63) is 58.9 Å². The van der Waals surface area contributed by atoms with Crippen LogP contribution in [0.25, 0.3) is 0 Å². The number of nitrogen functional groups attached to an aromatic ring is 1. The van der Waals surface area contributed by atoms with E-state index in [0.717, 1.165) is 5.56 Å². The predicted molar refractivity (Wildman–Crippen MR) is 66.6 cm³/mol. The van der Waals surface area contributed by atoms with Gasteiger partial charge in [-0.2, -0.15) is 0 Å². The Balaban J connectivity index is 2.02. The molecule has 0 saturated heterocycles. The van der Waals surface area contributed by atoms with E-state index in [1.807, 2.05) is 6.07 Å². The Morgan fingerprint density at radius 2 is 1.82 bits per heavy atom. The summed E-state index contributed by atoms with van der Waals surface area (Å²) in [5, 5.41) is 0.524. The second-order valence-corrected chi connectivity index (χ2v) is 4.01. The van der Waals surface area contributed by atoms with Crippen molar-refractivity contribution in [1.82, 2.24) is 0 Å². The van der Waals surface area contributed by atoms with Gasteiger partial charge in [-0.05, 0) is 42.0 Å². The van der Waals surface area contributed by atoms with Crippen LogP contribution < -0.4 is 10.5 Å². The molecule has 0 spiro atoms. The van der Waals surface area contributed by atoms with Crippen molar-refractivity contribution < 1.29 is 9.13 Å². The highest BCUT2D eigenvalue weighted by molar-refractivity contribution is 6.33. The highest BCUT2D eigenvalue weighted by atomic mass is 35.5. The van der Waals surface area contributed by atoms with Gasteiger partial charge in [0.1, 0.15) is 18.2 Å². The van der Waals surface area contributed by atoms with Crippen LogP contribution in [0.5, 0.6) is 5.75 Å². The van der Waals surface area contributed by atoms with Gasteiger partial charge < -0.3 is 10.5 Å². The molecule has 0 heterocycles. The average molecular weight is 252 g/mol. The van der Waals surface area contributed by atoms with Crippen molar-refractivity contribution >= 4 is 17.3 Å². The molecule has 0 unspecified atom stereocenters. The summed E-state index contributed by atoms with van der Waals surface area (Å²) < 4.78 is 18.1. The largest absolute Gasteiger partial charge is 0.489 e. The highest BCUT2D eigenvalue weighted by Gasteiger charge is 2.00. The topological polar surface area (TPSA) is 35.2 Å². The van der Waals surface area contributed by atoms with Gasteiger partial charge in [-0.15, -0.1) is 0 Å². The van der Waals surface area contributed by atoms with Gasteiger partial charge in [0.15, 0.2) is 0 Å². The third kappa shape index (κ3) is 3.11. The van der Waals surface area contributed by atoms with Gasteiger partial charge in [0, 0.05) is 0 Å². The number of hydrogen-bond acceptors (Lipinski definition) is 2. The normalized spacial score (nSPS) is 10.2. The Morgan fingerprint density at radius 1 is 1.12 bits per heavy atom. The summed E-state index contributed by atoms with van der Waals surface area (Å²) in [6, 6.07) is 11.2. The lowest BCUT2D eigenvalue weighted by molar-refractivity contribution is 0.306. The Bertz CT molecular complexity index is 513. The molecule has 17 heavy (non-hydrogen) atoms. The standard InChI is InChI=1S/C13H11ClFNO/c14-12-6-1-9(7-13(12)16)8-17-11-4-2-10(15)3-5-11/h1-7H,8,16H2. The molecular weight excluding hydrogens is 241 g/mol. The van der Waals surface area contributed by atoms with Crippen LogP contribution in [0.15, 0.2) is 42.5 Å². The second kappa shape index (κ2) is 5.06. The molecule has 0 saturated carbocycles. The van der Waals surface area contributed by atoms with Crippen molar-refractivity contribution in [3.63, 3.8) is 0 Å². The van der Waals surface area contributed by atoms with Gasteiger partial charge in [-0.25, -0.2) is 4.39 Å². The lowest BCUT2D eigenvalue weighted by atomic mass is 10.2. The van der Waals surface area contributed by atoms with E-state index in [-0.39, 0.29) is 5.82 Å². The molecule has 4 heteroatoms. The van der Waals surface area contributed by atoms with E-state index in [9.17, 15) is 4.39 Å². The van der Waals surface area contributed by atoms with E-state index >= 15 is 0 Å². The van der Waals surface area contributed by atoms with Gasteiger partial charge in [0.25, 0.3) is 0 Å². The van der Waals surface area contributed by atoms with Crippen LogP contribution in [0, 0.1) is 5.82 Å². The maximum atomic E-state index is 12.7. The summed E-state index contributed by atoms with van der Waals surface area (Å²) >= 11 is 5.81. The molecule has 2 nitrogen and oxygen atoms in total. The lowest BCUT2D eigenvalue weighted by Gasteiger charge is -2.07. The third-order valence-corrected chi connectivity index (χ3v) is 2.62. The SMILES string of the molecule is Nc1cc(COc2ccc(F)cc2)ccc1Cl. The van der Waals surface area contributed by atoms with E-state index < -0.39 is 0 Å². The van der Waals surface area contributed by atoms with Crippen molar-refractivity contribution in [2.24, 2.45) is 0 Å². The maximum absolute atomic E-state index is 12.7. The third-order valence-electron chi connectivity index (χ3n) is 2.28. The van der Waals surface area contributed by atoms with E-state index in [0.29, 0.717) is 23.1 Å². The fourth-order valence-corrected chi connectivity index (χ4v) is 1.50. The van der Waals surface area contributed by atoms with E-state index in [1.54, 1.807) is 24.3 Å². The molecule has 0 aliphatic heterocycles. The second-order valence-electron chi connectivity index (χ2n) is 3.60. The van der Waals surface area contributed by atoms with Gasteiger partial charge in [-0.3, -0.25) is 0 Å². The van der Waals surface area contributed by atoms with Gasteiger partial charge in [0.05, 0.1) is 10.7 Å². The minimum atomic E-state index is -0.284. The molecule has 2 N–H and O–H groups in total. The Hall–Kier alpha value is -1.74. The van der Waals surface area contributed by atoms with Crippen LogP contribution in [-0.4, -0.2) is 0 Å². The molecule has 0 amide bonds.